The van der Waals surface area contributed by atoms with Crippen molar-refractivity contribution in [3.05, 3.63) is 35.4 Å². The second kappa shape index (κ2) is 4.63. The molecule has 1 aliphatic carbocycles. The summed E-state index contributed by atoms with van der Waals surface area (Å²) in [6.45, 7) is 1.96. The van der Waals surface area contributed by atoms with Crippen LogP contribution in [-0.2, 0) is 16.5 Å². The number of alkyl halides is 3. The van der Waals surface area contributed by atoms with E-state index < -0.39 is 17.3 Å². The molecule has 0 radical (unpaired) electrons. The molecule has 0 spiro atoms. The Morgan fingerprint density at radius 1 is 1.37 bits per heavy atom. The molecule has 5 heteroatoms. The van der Waals surface area contributed by atoms with E-state index in [1.54, 1.807) is 0 Å². The lowest BCUT2D eigenvalue weighted by atomic mass is 9.72. The lowest BCUT2D eigenvalue weighted by molar-refractivity contribution is -0.138. The summed E-state index contributed by atoms with van der Waals surface area (Å²) in [5.41, 5.74) is 4.33. The van der Waals surface area contributed by atoms with Crippen molar-refractivity contribution in [1.29, 1.82) is 0 Å². The van der Waals surface area contributed by atoms with E-state index in [0.29, 0.717) is 12.8 Å². The minimum Gasteiger partial charge on any atom is -0.315 e. The SMILES string of the molecule is CC1CCC(=O)C(N)(c2cccc(C(F)(F)F)c2)C1. The van der Waals surface area contributed by atoms with Crippen LogP contribution < -0.4 is 5.73 Å². The van der Waals surface area contributed by atoms with E-state index >= 15 is 0 Å². The summed E-state index contributed by atoms with van der Waals surface area (Å²) in [6, 6.07) is 4.80. The first-order valence-electron chi connectivity index (χ1n) is 6.23. The molecular weight excluding hydrogens is 255 g/mol. The van der Waals surface area contributed by atoms with E-state index in [-0.39, 0.29) is 17.3 Å². The van der Waals surface area contributed by atoms with Gasteiger partial charge in [0.05, 0.1) is 5.56 Å². The molecule has 0 heterocycles. The Bertz CT molecular complexity index is 498. The minimum atomic E-state index is -4.42. The largest absolute Gasteiger partial charge is 0.416 e. The maximum atomic E-state index is 12.7. The predicted octanol–water partition coefficient (Wildman–Crippen LogP) is 3.25. The summed E-state index contributed by atoms with van der Waals surface area (Å²) in [4.78, 5) is 12.0. The third-order valence-corrected chi connectivity index (χ3v) is 3.74. The average molecular weight is 271 g/mol. The zero-order valence-electron chi connectivity index (χ0n) is 10.6. The highest BCUT2D eigenvalue weighted by atomic mass is 19.4. The third kappa shape index (κ3) is 2.66. The lowest BCUT2D eigenvalue weighted by Crippen LogP contribution is -2.48. The standard InChI is InChI=1S/C14H16F3NO/c1-9-5-6-12(19)13(18,8-9)10-3-2-4-11(7-10)14(15,16)17/h2-4,7,9H,5-6,8,18H2,1H3. The van der Waals surface area contributed by atoms with E-state index in [1.165, 1.54) is 12.1 Å². The molecule has 1 aromatic carbocycles. The summed E-state index contributed by atoms with van der Waals surface area (Å²) in [7, 11) is 0. The summed E-state index contributed by atoms with van der Waals surface area (Å²) < 4.78 is 38.1. The molecule has 2 nitrogen and oxygen atoms in total. The van der Waals surface area contributed by atoms with Crippen LogP contribution in [0.15, 0.2) is 24.3 Å². The highest BCUT2D eigenvalue weighted by Gasteiger charge is 2.41. The number of nitrogens with two attached hydrogens (primary N) is 1. The Morgan fingerprint density at radius 2 is 2.05 bits per heavy atom. The molecule has 0 saturated heterocycles. The molecule has 1 aromatic rings. The van der Waals surface area contributed by atoms with Gasteiger partial charge in [-0.2, -0.15) is 13.2 Å². The van der Waals surface area contributed by atoms with Gasteiger partial charge in [-0.1, -0.05) is 19.1 Å². The Labute approximate surface area is 109 Å². The summed E-state index contributed by atoms with van der Waals surface area (Å²) >= 11 is 0. The predicted molar refractivity (Wildman–Crippen MR) is 65.3 cm³/mol. The smallest absolute Gasteiger partial charge is 0.315 e. The Morgan fingerprint density at radius 3 is 2.68 bits per heavy atom. The zero-order chi connectivity index (χ0) is 14.3. The number of hydrogen-bond donors (Lipinski definition) is 1. The second-order valence-electron chi connectivity index (χ2n) is 5.32. The molecule has 2 rings (SSSR count). The maximum Gasteiger partial charge on any atom is 0.416 e. The quantitative estimate of drug-likeness (QED) is 0.852. The van der Waals surface area contributed by atoms with Crippen LogP contribution >= 0.6 is 0 Å². The van der Waals surface area contributed by atoms with Crippen molar-refractivity contribution in [3.8, 4) is 0 Å². The molecule has 19 heavy (non-hydrogen) atoms. The van der Waals surface area contributed by atoms with Crippen molar-refractivity contribution in [2.75, 3.05) is 0 Å². The molecule has 104 valence electrons. The normalized spacial score (nSPS) is 28.5. The number of rotatable bonds is 1. The fourth-order valence-corrected chi connectivity index (χ4v) is 2.62. The van der Waals surface area contributed by atoms with Gasteiger partial charge in [-0.25, -0.2) is 0 Å². The molecule has 2 N–H and O–H groups in total. The van der Waals surface area contributed by atoms with Crippen molar-refractivity contribution in [3.63, 3.8) is 0 Å². The monoisotopic (exact) mass is 271 g/mol. The van der Waals surface area contributed by atoms with Crippen LogP contribution in [0.2, 0.25) is 0 Å². The molecule has 1 aliphatic rings. The highest BCUT2D eigenvalue weighted by molar-refractivity contribution is 5.90. The van der Waals surface area contributed by atoms with E-state index in [1.807, 2.05) is 6.92 Å². The van der Waals surface area contributed by atoms with Crippen LogP contribution in [0.5, 0.6) is 0 Å². The van der Waals surface area contributed by atoms with Gasteiger partial charge in [0.15, 0.2) is 5.78 Å². The molecule has 2 unspecified atom stereocenters. The van der Waals surface area contributed by atoms with Crippen molar-refractivity contribution in [2.45, 2.75) is 37.9 Å². The Kier molecular flexibility index (Phi) is 3.43. The minimum absolute atomic E-state index is 0.176. The Balaban J connectivity index is 2.43. The van der Waals surface area contributed by atoms with Gasteiger partial charge in [0.25, 0.3) is 0 Å². The number of benzene rings is 1. The van der Waals surface area contributed by atoms with Crippen LogP contribution in [0, 0.1) is 5.92 Å². The van der Waals surface area contributed by atoms with E-state index in [4.69, 9.17) is 5.73 Å². The van der Waals surface area contributed by atoms with Gasteiger partial charge in [-0.15, -0.1) is 0 Å². The Hall–Kier alpha value is -1.36. The van der Waals surface area contributed by atoms with Gasteiger partial charge in [0.1, 0.15) is 5.54 Å². The first-order valence-corrected chi connectivity index (χ1v) is 6.23. The van der Waals surface area contributed by atoms with Crippen LogP contribution in [-0.4, -0.2) is 5.78 Å². The lowest BCUT2D eigenvalue weighted by Gasteiger charge is -2.36. The van der Waals surface area contributed by atoms with Gasteiger partial charge >= 0.3 is 6.18 Å². The first-order chi connectivity index (χ1) is 8.73. The van der Waals surface area contributed by atoms with Crippen molar-refractivity contribution < 1.29 is 18.0 Å². The number of carbonyl (C=O) groups is 1. The number of halogens is 3. The fourth-order valence-electron chi connectivity index (χ4n) is 2.62. The number of ketones is 1. The van der Waals surface area contributed by atoms with Gasteiger partial charge in [0.2, 0.25) is 0 Å². The molecule has 2 atom stereocenters. The first kappa shape index (κ1) is 14.1. The van der Waals surface area contributed by atoms with Crippen molar-refractivity contribution in [1.82, 2.24) is 0 Å². The van der Waals surface area contributed by atoms with Gasteiger partial charge in [-0.05, 0) is 36.5 Å². The van der Waals surface area contributed by atoms with Gasteiger partial charge in [-0.3, -0.25) is 4.79 Å². The molecule has 0 aromatic heterocycles. The fraction of sp³-hybridized carbons (Fsp3) is 0.500. The van der Waals surface area contributed by atoms with Crippen molar-refractivity contribution >= 4 is 5.78 Å². The summed E-state index contributed by atoms with van der Waals surface area (Å²) in [5, 5.41) is 0. The average Bonchev–Trinajstić information content (AvgIpc) is 2.33. The summed E-state index contributed by atoms with van der Waals surface area (Å²) in [6.07, 6.45) is -2.95. The molecule has 0 amide bonds. The van der Waals surface area contributed by atoms with Crippen LogP contribution in [0.3, 0.4) is 0 Å². The number of Topliss-reactive ketones (excluding diaryl/α,β-unsaturated/α-hetero) is 1. The molecule has 1 fully saturated rings. The number of carbonyl (C=O) groups excluding carboxylic acids is 1. The third-order valence-electron chi connectivity index (χ3n) is 3.74. The zero-order valence-corrected chi connectivity index (χ0v) is 10.6. The topological polar surface area (TPSA) is 43.1 Å². The molecular formula is C14H16F3NO. The highest BCUT2D eigenvalue weighted by Crippen LogP contribution is 2.37. The summed E-state index contributed by atoms with van der Waals surface area (Å²) in [5.74, 6) is 0.0576. The second-order valence-corrected chi connectivity index (χ2v) is 5.32. The maximum absolute atomic E-state index is 12.7. The van der Waals surface area contributed by atoms with Crippen molar-refractivity contribution in [2.24, 2.45) is 11.7 Å². The van der Waals surface area contributed by atoms with Gasteiger partial charge < -0.3 is 5.73 Å². The number of hydrogen-bond acceptors (Lipinski definition) is 2. The van der Waals surface area contributed by atoms with Crippen LogP contribution in [0.25, 0.3) is 0 Å². The molecule has 0 aliphatic heterocycles. The van der Waals surface area contributed by atoms with E-state index in [2.05, 4.69) is 0 Å². The van der Waals surface area contributed by atoms with E-state index in [0.717, 1.165) is 18.6 Å². The van der Waals surface area contributed by atoms with Crippen LogP contribution in [0.4, 0.5) is 13.2 Å². The molecule has 1 saturated carbocycles. The van der Waals surface area contributed by atoms with E-state index in [9.17, 15) is 18.0 Å². The molecule has 0 bridgehead atoms. The van der Waals surface area contributed by atoms with Crippen LogP contribution in [0.1, 0.15) is 37.3 Å². The van der Waals surface area contributed by atoms with Gasteiger partial charge in [0, 0.05) is 6.42 Å².